The van der Waals surface area contributed by atoms with Crippen molar-refractivity contribution >= 4 is 17.9 Å². The molecule has 0 rings (SSSR count). The van der Waals surface area contributed by atoms with Gasteiger partial charge in [-0.3, -0.25) is 14.4 Å². The van der Waals surface area contributed by atoms with Crippen LogP contribution in [0, 0.1) is 0 Å². The molecule has 1 atom stereocenters. The number of unbranched alkanes of at least 4 members (excludes halogenated alkanes) is 43. The number of carbonyl (C=O) groups is 3. The first kappa shape index (κ1) is 67.9. The van der Waals surface area contributed by atoms with E-state index in [4.69, 9.17) is 14.2 Å². The molecule has 0 aliphatic heterocycles. The zero-order valence-corrected chi connectivity index (χ0v) is 47.3. The lowest BCUT2D eigenvalue weighted by atomic mass is 10.0. The van der Waals surface area contributed by atoms with Gasteiger partial charge < -0.3 is 14.2 Å². The highest BCUT2D eigenvalue weighted by molar-refractivity contribution is 5.71. The van der Waals surface area contributed by atoms with E-state index < -0.39 is 6.10 Å². The van der Waals surface area contributed by atoms with E-state index in [0.717, 1.165) is 77.0 Å². The molecule has 1 unspecified atom stereocenters. The molecule has 0 aliphatic carbocycles. The lowest BCUT2D eigenvalue weighted by molar-refractivity contribution is -0.167. The zero-order chi connectivity index (χ0) is 50.7. The second kappa shape index (κ2) is 59.5. The number of allylic oxidation sites excluding steroid dienone is 4. The Kier molecular flexibility index (Phi) is 57.7. The third-order valence-corrected chi connectivity index (χ3v) is 14.2. The Balaban J connectivity index is 4.29. The van der Waals surface area contributed by atoms with Crippen LogP contribution in [-0.4, -0.2) is 37.2 Å². The highest BCUT2D eigenvalue weighted by atomic mass is 16.6. The molecule has 6 heteroatoms. The summed E-state index contributed by atoms with van der Waals surface area (Å²) in [5.74, 6) is -0.857. The minimum absolute atomic E-state index is 0.0697. The predicted molar refractivity (Wildman–Crippen MR) is 303 cm³/mol. The van der Waals surface area contributed by atoms with Crippen LogP contribution in [-0.2, 0) is 28.6 Å². The molecule has 0 aromatic rings. The van der Waals surface area contributed by atoms with Gasteiger partial charge in [-0.25, -0.2) is 0 Å². The molecular weight excluding hydrogens is 865 g/mol. The number of ether oxygens (including phenoxy) is 3. The molecule has 0 radical (unpaired) electrons. The summed E-state index contributed by atoms with van der Waals surface area (Å²) >= 11 is 0. The first-order valence-electron chi connectivity index (χ1n) is 31.3. The average molecular weight is 986 g/mol. The summed E-state index contributed by atoms with van der Waals surface area (Å²) in [6, 6.07) is 0. The van der Waals surface area contributed by atoms with Gasteiger partial charge in [0.2, 0.25) is 0 Å². The average Bonchev–Trinajstić information content (AvgIpc) is 3.36. The highest BCUT2D eigenvalue weighted by Crippen LogP contribution is 2.18. The molecule has 6 nitrogen and oxygen atoms in total. The van der Waals surface area contributed by atoms with Crippen molar-refractivity contribution in [1.82, 2.24) is 0 Å². The van der Waals surface area contributed by atoms with Crippen LogP contribution in [0.4, 0.5) is 0 Å². The Labute approximate surface area is 436 Å². The van der Waals surface area contributed by atoms with Crippen LogP contribution in [0.3, 0.4) is 0 Å². The van der Waals surface area contributed by atoms with Gasteiger partial charge in [-0.1, -0.05) is 308 Å². The molecule has 0 N–H and O–H groups in total. The standard InChI is InChI=1S/C64H120O6/c1-4-7-10-13-16-19-22-25-28-30-32-33-35-36-39-42-45-48-51-54-57-63(66)69-60-61(59-68-62(65)56-53-50-47-44-41-38-27-24-21-18-15-12-9-6-3)70-64(67)58-55-52-49-46-43-40-37-34-31-29-26-23-20-17-14-11-8-5-2/h15,18,24,27,61H,4-14,16-17,19-23,25-26,28-60H2,1-3H3/b18-15-,27-24-. The van der Waals surface area contributed by atoms with Crippen molar-refractivity contribution in [3.63, 3.8) is 0 Å². The van der Waals surface area contributed by atoms with Crippen molar-refractivity contribution in [2.75, 3.05) is 13.2 Å². The van der Waals surface area contributed by atoms with E-state index >= 15 is 0 Å². The molecule has 0 heterocycles. The van der Waals surface area contributed by atoms with Crippen LogP contribution in [0.5, 0.6) is 0 Å². The molecule has 0 saturated carbocycles. The molecule has 0 fully saturated rings. The first-order valence-corrected chi connectivity index (χ1v) is 31.3. The molecule has 70 heavy (non-hydrogen) atoms. The van der Waals surface area contributed by atoms with Crippen molar-refractivity contribution in [3.05, 3.63) is 24.3 Å². The maximum absolute atomic E-state index is 12.9. The van der Waals surface area contributed by atoms with E-state index in [2.05, 4.69) is 45.1 Å². The van der Waals surface area contributed by atoms with Crippen LogP contribution in [0.1, 0.15) is 348 Å². The van der Waals surface area contributed by atoms with E-state index in [1.54, 1.807) is 0 Å². The summed E-state index contributed by atoms with van der Waals surface area (Å²) in [5.41, 5.74) is 0. The SMILES string of the molecule is CCCC/C=C\C/C=C\CCCCCCCC(=O)OCC(COC(=O)CCCCCCCCCCCCCCCCCCCCCC)OC(=O)CCCCCCCCCCCCCCCCCCCC. The number of carbonyl (C=O) groups excluding carboxylic acids is 3. The minimum Gasteiger partial charge on any atom is -0.462 e. The molecule has 0 aliphatic rings. The van der Waals surface area contributed by atoms with Gasteiger partial charge in [0.25, 0.3) is 0 Å². The summed E-state index contributed by atoms with van der Waals surface area (Å²) in [6.07, 6.45) is 70.4. The molecule has 412 valence electrons. The molecule has 0 saturated heterocycles. The van der Waals surface area contributed by atoms with Crippen LogP contribution in [0.2, 0.25) is 0 Å². The van der Waals surface area contributed by atoms with Crippen molar-refractivity contribution in [3.8, 4) is 0 Å². The van der Waals surface area contributed by atoms with Crippen molar-refractivity contribution in [2.24, 2.45) is 0 Å². The number of hydrogen-bond donors (Lipinski definition) is 0. The molecule has 0 amide bonds. The van der Waals surface area contributed by atoms with Gasteiger partial charge >= 0.3 is 17.9 Å². The van der Waals surface area contributed by atoms with Gasteiger partial charge in [-0.15, -0.1) is 0 Å². The van der Waals surface area contributed by atoms with Crippen LogP contribution in [0.15, 0.2) is 24.3 Å². The fourth-order valence-electron chi connectivity index (χ4n) is 9.46. The summed E-state index contributed by atoms with van der Waals surface area (Å²) in [5, 5.41) is 0. The zero-order valence-electron chi connectivity index (χ0n) is 47.3. The van der Waals surface area contributed by atoms with Gasteiger partial charge in [-0.05, 0) is 44.9 Å². The lowest BCUT2D eigenvalue weighted by Crippen LogP contribution is -2.30. The van der Waals surface area contributed by atoms with Gasteiger partial charge in [0.1, 0.15) is 13.2 Å². The Hall–Kier alpha value is -2.11. The van der Waals surface area contributed by atoms with E-state index in [0.29, 0.717) is 19.3 Å². The van der Waals surface area contributed by atoms with E-state index in [-0.39, 0.29) is 31.1 Å². The second-order valence-corrected chi connectivity index (χ2v) is 21.3. The lowest BCUT2D eigenvalue weighted by Gasteiger charge is -2.18. The van der Waals surface area contributed by atoms with Gasteiger partial charge in [0.15, 0.2) is 6.10 Å². The van der Waals surface area contributed by atoms with Crippen molar-refractivity contribution < 1.29 is 28.6 Å². The Bertz CT molecular complexity index is 1130. The maximum Gasteiger partial charge on any atom is 0.306 e. The van der Waals surface area contributed by atoms with Gasteiger partial charge in [0, 0.05) is 19.3 Å². The largest absolute Gasteiger partial charge is 0.462 e. The third kappa shape index (κ3) is 56.8. The second-order valence-electron chi connectivity index (χ2n) is 21.3. The van der Waals surface area contributed by atoms with Crippen LogP contribution < -0.4 is 0 Å². The molecule has 0 aromatic heterocycles. The van der Waals surface area contributed by atoms with E-state index in [9.17, 15) is 14.4 Å². The van der Waals surface area contributed by atoms with Crippen molar-refractivity contribution in [2.45, 2.75) is 354 Å². The maximum atomic E-state index is 12.9. The van der Waals surface area contributed by atoms with Crippen LogP contribution >= 0.6 is 0 Å². The third-order valence-electron chi connectivity index (χ3n) is 14.2. The predicted octanol–water partition coefficient (Wildman–Crippen LogP) is 21.1. The Morgan fingerprint density at radius 3 is 0.829 bits per heavy atom. The smallest absolute Gasteiger partial charge is 0.306 e. The topological polar surface area (TPSA) is 78.9 Å². The fraction of sp³-hybridized carbons (Fsp3) is 0.891. The summed E-state index contributed by atoms with van der Waals surface area (Å²) in [6.45, 7) is 6.66. The number of rotatable bonds is 58. The van der Waals surface area contributed by atoms with Crippen molar-refractivity contribution in [1.29, 1.82) is 0 Å². The normalized spacial score (nSPS) is 12.1. The quantitative estimate of drug-likeness (QED) is 0.0261. The molecular formula is C64H120O6. The summed E-state index contributed by atoms with van der Waals surface area (Å²) in [4.78, 5) is 38.3. The van der Waals surface area contributed by atoms with E-state index in [1.165, 1.54) is 231 Å². The number of esters is 3. The Morgan fingerprint density at radius 1 is 0.286 bits per heavy atom. The highest BCUT2D eigenvalue weighted by Gasteiger charge is 2.19. The first-order chi connectivity index (χ1) is 34.5. The molecule has 0 bridgehead atoms. The summed E-state index contributed by atoms with van der Waals surface area (Å²) < 4.78 is 16.9. The summed E-state index contributed by atoms with van der Waals surface area (Å²) in [7, 11) is 0. The fourth-order valence-corrected chi connectivity index (χ4v) is 9.46. The van der Waals surface area contributed by atoms with Gasteiger partial charge in [-0.2, -0.15) is 0 Å². The molecule has 0 aromatic carbocycles. The van der Waals surface area contributed by atoms with Crippen LogP contribution in [0.25, 0.3) is 0 Å². The monoisotopic (exact) mass is 985 g/mol. The minimum atomic E-state index is -0.772. The Morgan fingerprint density at radius 2 is 0.529 bits per heavy atom. The van der Waals surface area contributed by atoms with E-state index in [1.807, 2.05) is 0 Å². The molecule has 0 spiro atoms. The van der Waals surface area contributed by atoms with Gasteiger partial charge in [0.05, 0.1) is 0 Å². The number of hydrogen-bond acceptors (Lipinski definition) is 6.